The van der Waals surface area contributed by atoms with Crippen LogP contribution in [0.1, 0.15) is 10.6 Å². The normalized spacial score (nSPS) is 10.7. The molecule has 18 heavy (non-hydrogen) atoms. The Morgan fingerprint density at radius 3 is 2.94 bits per heavy atom. The van der Waals surface area contributed by atoms with Crippen LogP contribution in [0.15, 0.2) is 29.8 Å². The van der Waals surface area contributed by atoms with Crippen LogP contribution >= 0.6 is 11.3 Å². The number of anilines is 1. The van der Waals surface area contributed by atoms with E-state index in [1.807, 2.05) is 6.92 Å². The highest BCUT2D eigenvalue weighted by atomic mass is 32.1. The summed E-state index contributed by atoms with van der Waals surface area (Å²) in [7, 11) is 0. The average molecular weight is 270 g/mol. The number of ether oxygens (including phenoxy) is 1. The third kappa shape index (κ3) is 3.40. The van der Waals surface area contributed by atoms with E-state index in [4.69, 9.17) is 0 Å². The van der Waals surface area contributed by atoms with Crippen LogP contribution in [0.4, 0.5) is 14.5 Å². The van der Waals surface area contributed by atoms with Crippen LogP contribution in [-0.4, -0.2) is 11.6 Å². The summed E-state index contributed by atoms with van der Waals surface area (Å²) < 4.78 is 28.5. The number of hydrogen-bond donors (Lipinski definition) is 1. The number of hydrogen-bond acceptors (Lipinski definition) is 4. The molecular weight excluding hydrogens is 258 g/mol. The standard InChI is InChI=1S/C12H12F2N2OS/c1-8-11(18-7-16-8)6-15-9-3-2-4-10(5-9)17-12(13)14/h2-5,7,12,15H,6H2,1H3. The van der Waals surface area contributed by atoms with Crippen LogP contribution in [0, 0.1) is 6.92 Å². The topological polar surface area (TPSA) is 34.2 Å². The first-order valence-corrected chi connectivity index (χ1v) is 6.21. The van der Waals surface area contributed by atoms with Crippen LogP contribution in [0.3, 0.4) is 0 Å². The first-order valence-electron chi connectivity index (χ1n) is 5.33. The van der Waals surface area contributed by atoms with Crippen molar-refractivity contribution in [3.05, 3.63) is 40.3 Å². The summed E-state index contributed by atoms with van der Waals surface area (Å²) in [6.45, 7) is -0.248. The number of alkyl halides is 2. The lowest BCUT2D eigenvalue weighted by Gasteiger charge is -2.08. The molecule has 0 amide bonds. The fourth-order valence-electron chi connectivity index (χ4n) is 1.46. The van der Waals surface area contributed by atoms with Gasteiger partial charge < -0.3 is 10.1 Å². The highest BCUT2D eigenvalue weighted by molar-refractivity contribution is 7.09. The van der Waals surface area contributed by atoms with Crippen molar-refractivity contribution in [2.75, 3.05) is 5.32 Å². The monoisotopic (exact) mass is 270 g/mol. The molecule has 6 heteroatoms. The van der Waals surface area contributed by atoms with Gasteiger partial charge in [-0.05, 0) is 19.1 Å². The van der Waals surface area contributed by atoms with Crippen molar-refractivity contribution >= 4 is 17.0 Å². The lowest BCUT2D eigenvalue weighted by Crippen LogP contribution is -2.03. The summed E-state index contributed by atoms with van der Waals surface area (Å²) in [6, 6.07) is 6.51. The highest BCUT2D eigenvalue weighted by Gasteiger charge is 2.05. The summed E-state index contributed by atoms with van der Waals surface area (Å²) in [5.41, 5.74) is 3.50. The van der Waals surface area contributed by atoms with E-state index in [2.05, 4.69) is 15.0 Å². The predicted octanol–water partition coefficient (Wildman–Crippen LogP) is 3.67. The van der Waals surface area contributed by atoms with Gasteiger partial charge in [0.2, 0.25) is 0 Å². The molecule has 0 atom stereocenters. The largest absolute Gasteiger partial charge is 0.435 e. The van der Waals surface area contributed by atoms with Crippen molar-refractivity contribution in [2.24, 2.45) is 0 Å². The molecule has 0 bridgehead atoms. The van der Waals surface area contributed by atoms with Gasteiger partial charge in [0, 0.05) is 16.6 Å². The molecule has 0 unspecified atom stereocenters. The first-order chi connectivity index (χ1) is 8.65. The van der Waals surface area contributed by atoms with Gasteiger partial charge in [0.1, 0.15) is 5.75 Å². The molecule has 1 heterocycles. The fourth-order valence-corrected chi connectivity index (χ4v) is 2.18. The van der Waals surface area contributed by atoms with E-state index in [1.165, 1.54) is 6.07 Å². The molecule has 1 aromatic carbocycles. The van der Waals surface area contributed by atoms with E-state index in [1.54, 1.807) is 35.0 Å². The van der Waals surface area contributed by atoms with Crippen LogP contribution in [-0.2, 0) is 6.54 Å². The second kappa shape index (κ2) is 5.77. The second-order valence-corrected chi connectivity index (χ2v) is 4.56. The number of benzene rings is 1. The maximum Gasteiger partial charge on any atom is 0.387 e. The van der Waals surface area contributed by atoms with Crippen molar-refractivity contribution in [2.45, 2.75) is 20.1 Å². The summed E-state index contributed by atoms with van der Waals surface area (Å²) >= 11 is 1.56. The molecule has 0 aliphatic carbocycles. The third-order valence-electron chi connectivity index (χ3n) is 2.36. The van der Waals surface area contributed by atoms with Crippen LogP contribution < -0.4 is 10.1 Å². The van der Waals surface area contributed by atoms with E-state index in [9.17, 15) is 8.78 Å². The number of halogens is 2. The summed E-state index contributed by atoms with van der Waals surface area (Å²) in [4.78, 5) is 5.26. The first kappa shape index (κ1) is 12.8. The summed E-state index contributed by atoms with van der Waals surface area (Å²) in [5.74, 6) is 0.149. The van der Waals surface area contributed by atoms with Crippen molar-refractivity contribution in [1.29, 1.82) is 0 Å². The van der Waals surface area contributed by atoms with Gasteiger partial charge in [0.25, 0.3) is 0 Å². The zero-order valence-electron chi connectivity index (χ0n) is 9.69. The van der Waals surface area contributed by atoms with Gasteiger partial charge in [-0.1, -0.05) is 6.07 Å². The van der Waals surface area contributed by atoms with Gasteiger partial charge in [-0.2, -0.15) is 8.78 Å². The van der Waals surface area contributed by atoms with Crippen molar-refractivity contribution < 1.29 is 13.5 Å². The maximum absolute atomic E-state index is 12.1. The number of nitrogens with one attached hydrogen (secondary N) is 1. The van der Waals surface area contributed by atoms with Crippen molar-refractivity contribution in [3.63, 3.8) is 0 Å². The molecule has 0 aliphatic heterocycles. The SMILES string of the molecule is Cc1ncsc1CNc1cccc(OC(F)F)c1. The third-order valence-corrected chi connectivity index (χ3v) is 3.29. The Hall–Kier alpha value is -1.69. The highest BCUT2D eigenvalue weighted by Crippen LogP contribution is 2.21. The van der Waals surface area contributed by atoms with E-state index < -0.39 is 6.61 Å². The average Bonchev–Trinajstić information content (AvgIpc) is 2.72. The van der Waals surface area contributed by atoms with Crippen molar-refractivity contribution in [1.82, 2.24) is 4.98 Å². The molecule has 1 N–H and O–H groups in total. The van der Waals surface area contributed by atoms with Crippen LogP contribution in [0.2, 0.25) is 0 Å². The lowest BCUT2D eigenvalue weighted by atomic mass is 10.3. The van der Waals surface area contributed by atoms with Gasteiger partial charge in [-0.15, -0.1) is 11.3 Å². The summed E-state index contributed by atoms with van der Waals surface area (Å²) in [6.07, 6.45) is 0. The van der Waals surface area contributed by atoms with Crippen molar-refractivity contribution in [3.8, 4) is 5.75 Å². The molecule has 2 rings (SSSR count). The van der Waals surface area contributed by atoms with Crippen LogP contribution in [0.25, 0.3) is 0 Å². The Balaban J connectivity index is 1.99. The Kier molecular flexibility index (Phi) is 4.09. The molecule has 3 nitrogen and oxygen atoms in total. The van der Waals surface area contributed by atoms with E-state index >= 15 is 0 Å². The number of aryl methyl sites for hydroxylation is 1. The van der Waals surface area contributed by atoms with Gasteiger partial charge in [-0.25, -0.2) is 4.98 Å². The zero-order chi connectivity index (χ0) is 13.0. The lowest BCUT2D eigenvalue weighted by molar-refractivity contribution is -0.0498. The fraction of sp³-hybridized carbons (Fsp3) is 0.250. The second-order valence-electron chi connectivity index (χ2n) is 3.62. The zero-order valence-corrected chi connectivity index (χ0v) is 10.5. The molecule has 0 spiro atoms. The summed E-state index contributed by atoms with van der Waals surface area (Å²) in [5, 5.41) is 3.15. The molecule has 0 fully saturated rings. The number of nitrogens with zero attached hydrogens (tertiary/aromatic N) is 1. The number of rotatable bonds is 5. The van der Waals surface area contributed by atoms with E-state index in [0.717, 1.165) is 16.3 Å². The molecule has 0 radical (unpaired) electrons. The molecular formula is C12H12F2N2OS. The Labute approximate surface area is 107 Å². The maximum atomic E-state index is 12.1. The van der Waals surface area contributed by atoms with Crippen LogP contribution in [0.5, 0.6) is 5.75 Å². The van der Waals surface area contributed by atoms with Gasteiger partial charge in [-0.3, -0.25) is 0 Å². The Morgan fingerprint density at radius 2 is 2.28 bits per heavy atom. The minimum atomic E-state index is -2.80. The molecule has 96 valence electrons. The molecule has 0 aliphatic rings. The Morgan fingerprint density at radius 1 is 1.44 bits per heavy atom. The molecule has 1 aromatic heterocycles. The van der Waals surface area contributed by atoms with E-state index in [0.29, 0.717) is 6.54 Å². The minimum absolute atomic E-state index is 0.149. The van der Waals surface area contributed by atoms with Gasteiger partial charge in [0.15, 0.2) is 0 Å². The molecule has 2 aromatic rings. The minimum Gasteiger partial charge on any atom is -0.435 e. The quantitative estimate of drug-likeness (QED) is 0.900. The molecule has 0 saturated heterocycles. The molecule has 0 saturated carbocycles. The Bertz CT molecular complexity index is 516. The van der Waals surface area contributed by atoms with Gasteiger partial charge >= 0.3 is 6.61 Å². The predicted molar refractivity (Wildman–Crippen MR) is 67.3 cm³/mol. The number of thiazole rings is 1. The smallest absolute Gasteiger partial charge is 0.387 e. The van der Waals surface area contributed by atoms with E-state index in [-0.39, 0.29) is 5.75 Å². The number of aromatic nitrogens is 1. The van der Waals surface area contributed by atoms with Gasteiger partial charge in [0.05, 0.1) is 17.7 Å².